The molecule has 1 unspecified atom stereocenters. The van der Waals surface area contributed by atoms with Crippen molar-refractivity contribution in [2.45, 2.75) is 25.2 Å². The standard InChI is InChI=1S/C21H18BrN3O2S/c22-14-9-11-15(12-10-14)23-20(27)16-7-4-8-17-18(16)24-21(28-17)25-19(26)13-5-2-1-3-6-13/h1-3,5-6,9-12,16H,4,7-8H2,(H,23,27)(H,24,25,26). The zero-order valence-corrected chi connectivity index (χ0v) is 17.3. The number of benzene rings is 2. The van der Waals surface area contributed by atoms with Crippen molar-refractivity contribution in [2.24, 2.45) is 0 Å². The molecule has 1 atom stereocenters. The number of anilines is 2. The van der Waals surface area contributed by atoms with Gasteiger partial charge in [0, 0.05) is 20.6 Å². The quantitative estimate of drug-likeness (QED) is 0.566. The molecule has 1 heterocycles. The van der Waals surface area contributed by atoms with Crippen LogP contribution in [0.5, 0.6) is 0 Å². The van der Waals surface area contributed by atoms with Crippen LogP contribution < -0.4 is 10.6 Å². The number of carbonyl (C=O) groups excluding carboxylic acids is 2. The molecule has 0 aliphatic heterocycles. The highest BCUT2D eigenvalue weighted by molar-refractivity contribution is 9.10. The van der Waals surface area contributed by atoms with Gasteiger partial charge in [0.05, 0.1) is 11.6 Å². The van der Waals surface area contributed by atoms with Gasteiger partial charge in [0.1, 0.15) is 0 Å². The van der Waals surface area contributed by atoms with Crippen LogP contribution in [-0.2, 0) is 11.2 Å². The largest absolute Gasteiger partial charge is 0.326 e. The van der Waals surface area contributed by atoms with Gasteiger partial charge in [0.15, 0.2) is 5.13 Å². The summed E-state index contributed by atoms with van der Waals surface area (Å²) < 4.78 is 0.962. The Labute approximate surface area is 175 Å². The number of rotatable bonds is 4. The minimum Gasteiger partial charge on any atom is -0.326 e. The molecule has 0 saturated carbocycles. The lowest BCUT2D eigenvalue weighted by Crippen LogP contribution is -2.24. The first-order valence-corrected chi connectivity index (χ1v) is 10.6. The first-order valence-electron chi connectivity index (χ1n) is 9.02. The van der Waals surface area contributed by atoms with E-state index in [0.29, 0.717) is 10.7 Å². The molecule has 1 aromatic heterocycles. The van der Waals surface area contributed by atoms with Gasteiger partial charge in [-0.2, -0.15) is 0 Å². The Bertz CT molecular complexity index is 1000. The fourth-order valence-corrected chi connectivity index (χ4v) is 4.57. The summed E-state index contributed by atoms with van der Waals surface area (Å²) in [5.41, 5.74) is 2.13. The van der Waals surface area contributed by atoms with Crippen LogP contribution in [0.3, 0.4) is 0 Å². The lowest BCUT2D eigenvalue weighted by Gasteiger charge is -2.20. The van der Waals surface area contributed by atoms with Crippen LogP contribution in [-0.4, -0.2) is 16.8 Å². The number of hydrogen-bond acceptors (Lipinski definition) is 4. The Morgan fingerprint density at radius 3 is 2.54 bits per heavy atom. The van der Waals surface area contributed by atoms with E-state index in [9.17, 15) is 9.59 Å². The van der Waals surface area contributed by atoms with Gasteiger partial charge in [-0.3, -0.25) is 14.9 Å². The number of thiazole rings is 1. The van der Waals surface area contributed by atoms with Gasteiger partial charge in [-0.05, 0) is 55.7 Å². The summed E-state index contributed by atoms with van der Waals surface area (Å²) in [7, 11) is 0. The summed E-state index contributed by atoms with van der Waals surface area (Å²) in [5.74, 6) is -0.553. The molecular weight excluding hydrogens is 438 g/mol. The summed E-state index contributed by atoms with van der Waals surface area (Å²) in [6.45, 7) is 0. The summed E-state index contributed by atoms with van der Waals surface area (Å²) in [4.78, 5) is 30.9. The Hall–Kier alpha value is -2.51. The summed E-state index contributed by atoms with van der Waals surface area (Å²) in [6, 6.07) is 16.5. The second-order valence-electron chi connectivity index (χ2n) is 6.59. The van der Waals surface area contributed by atoms with Crippen molar-refractivity contribution < 1.29 is 9.59 Å². The van der Waals surface area contributed by atoms with Crippen molar-refractivity contribution in [3.63, 3.8) is 0 Å². The molecule has 0 spiro atoms. The maximum absolute atomic E-state index is 12.8. The van der Waals surface area contributed by atoms with E-state index in [1.54, 1.807) is 12.1 Å². The smallest absolute Gasteiger partial charge is 0.257 e. The van der Waals surface area contributed by atoms with E-state index in [2.05, 4.69) is 31.5 Å². The molecule has 0 bridgehead atoms. The first kappa shape index (κ1) is 18.8. The summed E-state index contributed by atoms with van der Waals surface area (Å²) >= 11 is 4.85. The monoisotopic (exact) mass is 455 g/mol. The Balaban J connectivity index is 1.50. The van der Waals surface area contributed by atoms with Crippen molar-refractivity contribution in [3.8, 4) is 0 Å². The second-order valence-corrected chi connectivity index (χ2v) is 8.59. The summed E-state index contributed by atoms with van der Waals surface area (Å²) in [5, 5.41) is 6.38. The third kappa shape index (κ3) is 4.15. The predicted octanol–water partition coefficient (Wildman–Crippen LogP) is 5.22. The van der Waals surface area contributed by atoms with Gasteiger partial charge in [0.2, 0.25) is 5.91 Å². The number of hydrogen-bond donors (Lipinski definition) is 2. The number of nitrogens with zero attached hydrogens (tertiary/aromatic N) is 1. The molecule has 4 rings (SSSR count). The zero-order chi connectivity index (χ0) is 19.5. The number of amides is 2. The first-order chi connectivity index (χ1) is 13.6. The number of halogens is 1. The van der Waals surface area contributed by atoms with E-state index < -0.39 is 0 Å². The van der Waals surface area contributed by atoms with Gasteiger partial charge in [0.25, 0.3) is 5.91 Å². The molecule has 3 aromatic rings. The van der Waals surface area contributed by atoms with Crippen LogP contribution in [0.1, 0.15) is 39.7 Å². The molecule has 7 heteroatoms. The summed E-state index contributed by atoms with van der Waals surface area (Å²) in [6.07, 6.45) is 2.57. The second kappa shape index (κ2) is 8.24. The van der Waals surface area contributed by atoms with Crippen molar-refractivity contribution in [2.75, 3.05) is 10.6 Å². The fraction of sp³-hybridized carbons (Fsp3) is 0.190. The number of nitrogens with one attached hydrogen (secondary N) is 2. The average Bonchev–Trinajstić information content (AvgIpc) is 3.12. The maximum atomic E-state index is 12.8. The van der Waals surface area contributed by atoms with Gasteiger partial charge < -0.3 is 5.32 Å². The van der Waals surface area contributed by atoms with Crippen LogP contribution in [0, 0.1) is 0 Å². The maximum Gasteiger partial charge on any atom is 0.257 e. The molecule has 1 aliphatic carbocycles. The topological polar surface area (TPSA) is 71.1 Å². The van der Waals surface area contributed by atoms with E-state index in [0.717, 1.165) is 40.0 Å². The molecule has 0 radical (unpaired) electrons. The van der Waals surface area contributed by atoms with Crippen molar-refractivity contribution in [3.05, 3.63) is 75.2 Å². The molecule has 2 N–H and O–H groups in total. The van der Waals surface area contributed by atoms with E-state index in [-0.39, 0.29) is 17.7 Å². The van der Waals surface area contributed by atoms with Gasteiger partial charge in [-0.1, -0.05) is 34.1 Å². The Kier molecular flexibility index (Phi) is 5.54. The number of fused-ring (bicyclic) bond motifs is 1. The molecule has 0 saturated heterocycles. The lowest BCUT2D eigenvalue weighted by molar-refractivity contribution is -0.117. The third-order valence-electron chi connectivity index (χ3n) is 4.64. The average molecular weight is 456 g/mol. The molecule has 0 fully saturated rings. The van der Waals surface area contributed by atoms with Crippen LogP contribution >= 0.6 is 27.3 Å². The highest BCUT2D eigenvalue weighted by atomic mass is 79.9. The van der Waals surface area contributed by atoms with Crippen molar-refractivity contribution in [1.82, 2.24) is 4.98 Å². The van der Waals surface area contributed by atoms with E-state index in [1.807, 2.05) is 42.5 Å². The SMILES string of the molecule is O=C(Nc1nc2c(s1)CCCC2C(=O)Nc1ccc(Br)cc1)c1ccccc1. The molecule has 1 aliphatic rings. The molecule has 28 heavy (non-hydrogen) atoms. The molecular formula is C21H18BrN3O2S. The fourth-order valence-electron chi connectivity index (χ4n) is 3.25. The number of aryl methyl sites for hydroxylation is 1. The number of carbonyl (C=O) groups is 2. The van der Waals surface area contributed by atoms with E-state index in [1.165, 1.54) is 11.3 Å². The van der Waals surface area contributed by atoms with Crippen LogP contribution in [0.2, 0.25) is 0 Å². The Morgan fingerprint density at radius 2 is 1.79 bits per heavy atom. The molecule has 2 aromatic carbocycles. The van der Waals surface area contributed by atoms with Crippen molar-refractivity contribution >= 4 is 49.9 Å². The van der Waals surface area contributed by atoms with E-state index >= 15 is 0 Å². The van der Waals surface area contributed by atoms with Crippen LogP contribution in [0.4, 0.5) is 10.8 Å². The van der Waals surface area contributed by atoms with Gasteiger partial charge in [-0.25, -0.2) is 4.98 Å². The highest BCUT2D eigenvalue weighted by Crippen LogP contribution is 2.37. The third-order valence-corrected chi connectivity index (χ3v) is 6.21. The molecule has 142 valence electrons. The van der Waals surface area contributed by atoms with Crippen LogP contribution in [0.25, 0.3) is 0 Å². The minimum absolute atomic E-state index is 0.0606. The van der Waals surface area contributed by atoms with Crippen molar-refractivity contribution in [1.29, 1.82) is 0 Å². The van der Waals surface area contributed by atoms with Gasteiger partial charge >= 0.3 is 0 Å². The minimum atomic E-state index is -0.300. The van der Waals surface area contributed by atoms with Gasteiger partial charge in [-0.15, -0.1) is 11.3 Å². The van der Waals surface area contributed by atoms with E-state index in [4.69, 9.17) is 0 Å². The zero-order valence-electron chi connectivity index (χ0n) is 14.9. The number of aromatic nitrogens is 1. The van der Waals surface area contributed by atoms with Crippen LogP contribution in [0.15, 0.2) is 59.1 Å². The predicted molar refractivity (Wildman–Crippen MR) is 115 cm³/mol. The lowest BCUT2D eigenvalue weighted by atomic mass is 9.90. The highest BCUT2D eigenvalue weighted by Gasteiger charge is 2.30. The Morgan fingerprint density at radius 1 is 1.04 bits per heavy atom. The molecule has 5 nitrogen and oxygen atoms in total. The molecule has 2 amide bonds. The normalized spacial score (nSPS) is 15.5.